The molecule has 0 bridgehead atoms. The summed E-state index contributed by atoms with van der Waals surface area (Å²) in [4.78, 5) is 9.10. The van der Waals surface area contributed by atoms with Crippen molar-refractivity contribution in [1.29, 1.82) is 0 Å². The van der Waals surface area contributed by atoms with Gasteiger partial charge in [-0.05, 0) is 41.8 Å². The molecule has 0 aliphatic carbocycles. The highest BCUT2D eigenvalue weighted by atomic mass is 15.3. The van der Waals surface area contributed by atoms with Crippen LogP contribution in [0.5, 0.6) is 0 Å². The number of rotatable bonds is 4. The lowest BCUT2D eigenvalue weighted by molar-refractivity contribution is 0.0899. The second kappa shape index (κ2) is 7.32. The largest absolute Gasteiger partial charge is 0.384 e. The van der Waals surface area contributed by atoms with E-state index in [4.69, 9.17) is 5.73 Å². The van der Waals surface area contributed by atoms with Crippen LogP contribution in [0.1, 0.15) is 42.5 Å². The van der Waals surface area contributed by atoms with Crippen LogP contribution in [0.2, 0.25) is 0 Å². The number of aromatic nitrogens is 1. The lowest BCUT2D eigenvalue weighted by Gasteiger charge is -2.40. The Bertz CT molecular complexity index is 683. The third-order valence-corrected chi connectivity index (χ3v) is 4.96. The molecule has 1 aliphatic heterocycles. The van der Waals surface area contributed by atoms with Crippen LogP contribution in [0.3, 0.4) is 0 Å². The van der Waals surface area contributed by atoms with E-state index in [1.54, 1.807) is 6.20 Å². The van der Waals surface area contributed by atoms with Crippen LogP contribution in [0, 0.1) is 0 Å². The summed E-state index contributed by atoms with van der Waals surface area (Å²) in [5.74, 6) is 1.15. The highest BCUT2D eigenvalue weighted by molar-refractivity contribution is 5.34. The van der Waals surface area contributed by atoms with Crippen LogP contribution < -0.4 is 5.73 Å². The topological polar surface area (TPSA) is 45.4 Å². The molecule has 2 heterocycles. The van der Waals surface area contributed by atoms with E-state index in [0.29, 0.717) is 17.8 Å². The van der Waals surface area contributed by atoms with E-state index in [9.17, 15) is 0 Å². The van der Waals surface area contributed by atoms with E-state index < -0.39 is 0 Å². The van der Waals surface area contributed by atoms with Crippen LogP contribution in [0.4, 0.5) is 5.82 Å². The Morgan fingerprint density at radius 1 is 1.21 bits per heavy atom. The normalized spacial score (nSPS) is 19.8. The molecular weight excluding hydrogens is 296 g/mol. The second-order valence-electron chi connectivity index (χ2n) is 7.10. The Morgan fingerprint density at radius 2 is 2.00 bits per heavy atom. The van der Waals surface area contributed by atoms with Crippen LogP contribution >= 0.6 is 0 Å². The van der Waals surface area contributed by atoms with Crippen molar-refractivity contribution < 1.29 is 0 Å². The maximum atomic E-state index is 5.82. The minimum atomic E-state index is 0.441. The minimum Gasteiger partial charge on any atom is -0.384 e. The molecule has 4 nitrogen and oxygen atoms in total. The molecule has 0 saturated carbocycles. The van der Waals surface area contributed by atoms with Gasteiger partial charge in [-0.15, -0.1) is 0 Å². The summed E-state index contributed by atoms with van der Waals surface area (Å²) < 4.78 is 0. The molecule has 0 spiro atoms. The summed E-state index contributed by atoms with van der Waals surface area (Å²) in [5, 5.41) is 0. The molecule has 2 N–H and O–H groups in total. The third-order valence-electron chi connectivity index (χ3n) is 4.96. The smallest absolute Gasteiger partial charge is 0.123 e. The van der Waals surface area contributed by atoms with E-state index >= 15 is 0 Å². The molecule has 1 aromatic carbocycles. The van der Waals surface area contributed by atoms with Gasteiger partial charge in [0.1, 0.15) is 5.82 Å². The number of piperazine rings is 1. The quantitative estimate of drug-likeness (QED) is 0.937. The molecule has 0 amide bonds. The zero-order chi connectivity index (χ0) is 17.1. The summed E-state index contributed by atoms with van der Waals surface area (Å²) in [6.45, 7) is 8.69. The Hall–Kier alpha value is -1.91. The monoisotopic (exact) mass is 324 g/mol. The average Bonchev–Trinajstić information content (AvgIpc) is 2.56. The van der Waals surface area contributed by atoms with E-state index in [-0.39, 0.29) is 0 Å². The van der Waals surface area contributed by atoms with Gasteiger partial charge in [-0.2, -0.15) is 0 Å². The Kier molecular flexibility index (Phi) is 5.17. The van der Waals surface area contributed by atoms with Crippen LogP contribution in [0.15, 0.2) is 42.6 Å². The highest BCUT2D eigenvalue weighted by Gasteiger charge is 2.27. The maximum absolute atomic E-state index is 5.82. The first-order valence-corrected chi connectivity index (χ1v) is 8.76. The standard InChI is InChI=1S/C20H28N4/c1-15(2)17-6-4-5-7-18(17)19-14-24(11-10-23(19)3)13-16-8-9-22-20(21)12-16/h4-9,12,15,19H,10-11,13-14H2,1-3H3,(H2,21,22). The van der Waals surface area contributed by atoms with Crippen LogP contribution in [-0.2, 0) is 6.54 Å². The van der Waals surface area contributed by atoms with Crippen LogP contribution in [-0.4, -0.2) is 41.5 Å². The van der Waals surface area contributed by atoms with Crippen LogP contribution in [0.25, 0.3) is 0 Å². The number of hydrogen-bond acceptors (Lipinski definition) is 4. The zero-order valence-electron chi connectivity index (χ0n) is 14.9. The number of nitrogens with two attached hydrogens (primary N) is 1. The van der Waals surface area contributed by atoms with Crippen molar-refractivity contribution in [2.75, 3.05) is 32.4 Å². The predicted octanol–water partition coefficient (Wildman–Crippen LogP) is 3.28. The lowest BCUT2D eigenvalue weighted by atomic mass is 9.91. The molecule has 1 unspecified atom stereocenters. The van der Waals surface area contributed by atoms with E-state index in [0.717, 1.165) is 26.2 Å². The maximum Gasteiger partial charge on any atom is 0.123 e. The lowest BCUT2D eigenvalue weighted by Crippen LogP contribution is -2.46. The first kappa shape index (κ1) is 16.9. The molecule has 128 valence electrons. The molecule has 1 aromatic heterocycles. The molecule has 4 heteroatoms. The predicted molar refractivity (Wildman–Crippen MR) is 99.8 cm³/mol. The highest BCUT2D eigenvalue weighted by Crippen LogP contribution is 2.31. The SMILES string of the molecule is CC(C)c1ccccc1C1CN(Cc2ccnc(N)c2)CCN1C. The van der Waals surface area contributed by atoms with Crippen molar-refractivity contribution in [3.8, 4) is 0 Å². The zero-order valence-corrected chi connectivity index (χ0v) is 14.9. The van der Waals surface area contributed by atoms with E-state index in [1.807, 2.05) is 6.07 Å². The van der Waals surface area contributed by atoms with E-state index in [1.165, 1.54) is 16.7 Å². The number of anilines is 1. The first-order valence-electron chi connectivity index (χ1n) is 8.76. The average molecular weight is 324 g/mol. The number of benzene rings is 1. The van der Waals surface area contributed by atoms with E-state index in [2.05, 4.69) is 66.0 Å². The molecule has 2 aromatic rings. The Morgan fingerprint density at radius 3 is 2.75 bits per heavy atom. The van der Waals surface area contributed by atoms with Gasteiger partial charge in [-0.3, -0.25) is 9.80 Å². The van der Waals surface area contributed by atoms with Gasteiger partial charge < -0.3 is 5.73 Å². The Labute approximate surface area is 145 Å². The molecule has 24 heavy (non-hydrogen) atoms. The summed E-state index contributed by atoms with van der Waals surface area (Å²) in [6.07, 6.45) is 1.80. The Balaban J connectivity index is 1.79. The summed E-state index contributed by atoms with van der Waals surface area (Å²) in [6, 6.07) is 13.4. The van der Waals surface area contributed by atoms with Gasteiger partial charge >= 0.3 is 0 Å². The van der Waals surface area contributed by atoms with Gasteiger partial charge in [0.25, 0.3) is 0 Å². The first-order chi connectivity index (χ1) is 11.5. The van der Waals surface area contributed by atoms with Crippen molar-refractivity contribution in [3.63, 3.8) is 0 Å². The fourth-order valence-corrected chi connectivity index (χ4v) is 3.60. The summed E-state index contributed by atoms with van der Waals surface area (Å²) in [5.41, 5.74) is 9.99. The van der Waals surface area contributed by atoms with Crippen molar-refractivity contribution in [2.24, 2.45) is 0 Å². The number of hydrogen-bond donors (Lipinski definition) is 1. The summed E-state index contributed by atoms with van der Waals surface area (Å²) in [7, 11) is 2.24. The molecule has 0 radical (unpaired) electrons. The fourth-order valence-electron chi connectivity index (χ4n) is 3.60. The number of nitrogens with zero attached hydrogens (tertiary/aromatic N) is 3. The van der Waals surface area contributed by atoms with Gasteiger partial charge in [-0.1, -0.05) is 38.1 Å². The van der Waals surface area contributed by atoms with Gasteiger partial charge in [0.15, 0.2) is 0 Å². The molecule has 3 rings (SSSR count). The fraction of sp³-hybridized carbons (Fsp3) is 0.450. The van der Waals surface area contributed by atoms with Crippen molar-refractivity contribution in [3.05, 3.63) is 59.3 Å². The van der Waals surface area contributed by atoms with Gasteiger partial charge in [0, 0.05) is 38.4 Å². The van der Waals surface area contributed by atoms with Gasteiger partial charge in [0.05, 0.1) is 0 Å². The van der Waals surface area contributed by atoms with Crippen molar-refractivity contribution in [2.45, 2.75) is 32.4 Å². The third kappa shape index (κ3) is 3.77. The van der Waals surface area contributed by atoms with Crippen molar-refractivity contribution >= 4 is 5.82 Å². The molecule has 1 fully saturated rings. The van der Waals surface area contributed by atoms with Crippen molar-refractivity contribution in [1.82, 2.24) is 14.8 Å². The number of pyridine rings is 1. The minimum absolute atomic E-state index is 0.441. The van der Waals surface area contributed by atoms with Gasteiger partial charge in [0.2, 0.25) is 0 Å². The van der Waals surface area contributed by atoms with Gasteiger partial charge in [-0.25, -0.2) is 4.98 Å². The molecule has 1 aliphatic rings. The molecular formula is C20H28N4. The number of likely N-dealkylation sites (N-methyl/N-ethyl adjacent to an activating group) is 1. The summed E-state index contributed by atoms with van der Waals surface area (Å²) >= 11 is 0. The molecule has 1 atom stereocenters. The second-order valence-corrected chi connectivity index (χ2v) is 7.10. The molecule has 1 saturated heterocycles. The number of nitrogen functional groups attached to an aromatic ring is 1.